The molecule has 0 atom stereocenters. The van der Waals surface area contributed by atoms with Crippen molar-refractivity contribution in [3.63, 3.8) is 0 Å². The van der Waals surface area contributed by atoms with Crippen LogP contribution in [-0.2, 0) is 4.79 Å². The summed E-state index contributed by atoms with van der Waals surface area (Å²) in [5.74, 6) is -0.570. The van der Waals surface area contributed by atoms with Crippen molar-refractivity contribution >= 4 is 23.2 Å². The van der Waals surface area contributed by atoms with Crippen LogP contribution in [0.1, 0.15) is 34.6 Å². The Morgan fingerprint density at radius 2 is 2.08 bits per heavy atom. The predicted octanol–water partition coefficient (Wildman–Crippen LogP) is 3.45. The summed E-state index contributed by atoms with van der Waals surface area (Å²) in [5.41, 5.74) is 2.51. The zero-order valence-electron chi connectivity index (χ0n) is 13.6. The molecule has 0 unspecified atom stereocenters. The molecule has 0 spiro atoms. The van der Waals surface area contributed by atoms with Gasteiger partial charge >= 0.3 is 5.97 Å². The lowest BCUT2D eigenvalue weighted by molar-refractivity contribution is -0.138. The van der Waals surface area contributed by atoms with Gasteiger partial charge in [0.15, 0.2) is 0 Å². The Balaban J connectivity index is 1.69. The number of thiazole rings is 1. The first-order chi connectivity index (χ1) is 11.5. The maximum absolute atomic E-state index is 12.7. The smallest absolute Gasteiger partial charge is 0.303 e. The van der Waals surface area contributed by atoms with Gasteiger partial charge in [-0.25, -0.2) is 4.98 Å². The van der Waals surface area contributed by atoms with Gasteiger partial charge in [0.2, 0.25) is 0 Å². The van der Waals surface area contributed by atoms with Crippen molar-refractivity contribution in [3.05, 3.63) is 40.2 Å². The first-order valence-electron chi connectivity index (χ1n) is 8.06. The maximum Gasteiger partial charge on any atom is 0.303 e. The van der Waals surface area contributed by atoms with Gasteiger partial charge in [0.05, 0.1) is 10.7 Å². The van der Waals surface area contributed by atoms with Gasteiger partial charge in [0.1, 0.15) is 0 Å². The molecule has 1 fully saturated rings. The minimum atomic E-state index is -0.758. The van der Waals surface area contributed by atoms with Crippen LogP contribution in [0.15, 0.2) is 29.6 Å². The monoisotopic (exact) mass is 344 g/mol. The Hall–Kier alpha value is -2.21. The Kier molecular flexibility index (Phi) is 4.94. The molecule has 24 heavy (non-hydrogen) atoms. The van der Waals surface area contributed by atoms with E-state index in [4.69, 9.17) is 5.11 Å². The van der Waals surface area contributed by atoms with Crippen molar-refractivity contribution in [1.82, 2.24) is 9.88 Å². The second-order valence-electron chi connectivity index (χ2n) is 6.17. The first kappa shape index (κ1) is 16.6. The number of piperidine rings is 1. The molecule has 2 aromatic rings. The summed E-state index contributed by atoms with van der Waals surface area (Å²) in [6.07, 6.45) is 1.70. The lowest BCUT2D eigenvalue weighted by atomic mass is 9.93. The maximum atomic E-state index is 12.7. The second-order valence-corrected chi connectivity index (χ2v) is 7.23. The van der Waals surface area contributed by atoms with E-state index in [2.05, 4.69) is 4.98 Å². The molecular formula is C18H20N2O3S. The quantitative estimate of drug-likeness (QED) is 0.922. The van der Waals surface area contributed by atoms with E-state index in [1.165, 1.54) is 0 Å². The summed E-state index contributed by atoms with van der Waals surface area (Å²) < 4.78 is 0. The van der Waals surface area contributed by atoms with E-state index in [1.807, 2.05) is 41.5 Å². The lowest BCUT2D eigenvalue weighted by Gasteiger charge is -2.31. The van der Waals surface area contributed by atoms with E-state index in [0.29, 0.717) is 18.7 Å². The van der Waals surface area contributed by atoms with Crippen molar-refractivity contribution in [2.75, 3.05) is 13.1 Å². The molecule has 0 saturated carbocycles. The summed E-state index contributed by atoms with van der Waals surface area (Å²) in [6, 6.07) is 7.56. The zero-order chi connectivity index (χ0) is 17.1. The van der Waals surface area contributed by atoms with Gasteiger partial charge in [-0.05, 0) is 37.8 Å². The first-order valence-corrected chi connectivity index (χ1v) is 8.94. The number of aliphatic carboxylic acids is 1. The van der Waals surface area contributed by atoms with Crippen LogP contribution in [0.5, 0.6) is 0 Å². The van der Waals surface area contributed by atoms with Gasteiger partial charge in [0, 0.05) is 36.0 Å². The molecule has 1 aromatic carbocycles. The van der Waals surface area contributed by atoms with E-state index >= 15 is 0 Å². The van der Waals surface area contributed by atoms with Crippen LogP contribution in [0.2, 0.25) is 0 Å². The number of carbonyl (C=O) groups excluding carboxylic acids is 1. The van der Waals surface area contributed by atoms with Crippen LogP contribution in [0.3, 0.4) is 0 Å². The van der Waals surface area contributed by atoms with Crippen molar-refractivity contribution in [2.24, 2.45) is 5.92 Å². The average molecular weight is 344 g/mol. The number of carbonyl (C=O) groups is 2. The number of amides is 1. The number of benzene rings is 1. The largest absolute Gasteiger partial charge is 0.481 e. The molecule has 126 valence electrons. The van der Waals surface area contributed by atoms with Crippen molar-refractivity contribution in [1.29, 1.82) is 0 Å². The van der Waals surface area contributed by atoms with Gasteiger partial charge in [0.25, 0.3) is 5.91 Å². The zero-order valence-corrected chi connectivity index (χ0v) is 14.4. The third-order valence-corrected chi connectivity index (χ3v) is 5.16. The van der Waals surface area contributed by atoms with Gasteiger partial charge in [-0.1, -0.05) is 12.1 Å². The molecule has 2 heterocycles. The molecule has 0 radical (unpaired) electrons. The van der Waals surface area contributed by atoms with Gasteiger partial charge < -0.3 is 10.0 Å². The summed E-state index contributed by atoms with van der Waals surface area (Å²) in [6.45, 7) is 3.21. The molecule has 3 rings (SSSR count). The van der Waals surface area contributed by atoms with Crippen LogP contribution < -0.4 is 0 Å². The minimum Gasteiger partial charge on any atom is -0.481 e. The van der Waals surface area contributed by atoms with E-state index < -0.39 is 5.97 Å². The standard InChI is InChI=1S/C18H20N2O3S/c1-12-19-16(11-24-12)14-3-2-4-15(10-14)18(23)20-7-5-13(6-8-20)9-17(21)22/h2-4,10-11,13H,5-9H2,1H3,(H,21,22). The molecule has 0 aliphatic carbocycles. The lowest BCUT2D eigenvalue weighted by Crippen LogP contribution is -2.38. The van der Waals surface area contributed by atoms with Gasteiger partial charge in [-0.3, -0.25) is 9.59 Å². The molecule has 1 N–H and O–H groups in total. The fourth-order valence-corrected chi connectivity index (χ4v) is 3.70. The number of aryl methyl sites for hydroxylation is 1. The topological polar surface area (TPSA) is 70.5 Å². The summed E-state index contributed by atoms with van der Waals surface area (Å²) >= 11 is 1.59. The van der Waals surface area contributed by atoms with E-state index in [-0.39, 0.29) is 18.2 Å². The fraction of sp³-hybridized carbons (Fsp3) is 0.389. The van der Waals surface area contributed by atoms with Gasteiger partial charge in [-0.15, -0.1) is 11.3 Å². The third-order valence-electron chi connectivity index (χ3n) is 4.39. The Morgan fingerprint density at radius 3 is 2.71 bits per heavy atom. The van der Waals surface area contributed by atoms with Crippen molar-refractivity contribution < 1.29 is 14.7 Å². The molecule has 1 saturated heterocycles. The SMILES string of the molecule is Cc1nc(-c2cccc(C(=O)N3CCC(CC(=O)O)CC3)c2)cs1. The Morgan fingerprint density at radius 1 is 1.33 bits per heavy atom. The average Bonchev–Trinajstić information content (AvgIpc) is 3.01. The predicted molar refractivity (Wildman–Crippen MR) is 93.2 cm³/mol. The summed E-state index contributed by atoms with van der Waals surface area (Å²) in [4.78, 5) is 29.8. The number of nitrogens with zero attached hydrogens (tertiary/aromatic N) is 2. The summed E-state index contributed by atoms with van der Waals surface area (Å²) in [7, 11) is 0. The highest BCUT2D eigenvalue weighted by Crippen LogP contribution is 2.25. The molecular weight excluding hydrogens is 324 g/mol. The van der Waals surface area contributed by atoms with Crippen LogP contribution in [0, 0.1) is 12.8 Å². The van der Waals surface area contributed by atoms with Crippen LogP contribution in [-0.4, -0.2) is 40.0 Å². The number of rotatable bonds is 4. The van der Waals surface area contributed by atoms with Crippen molar-refractivity contribution in [3.8, 4) is 11.3 Å². The van der Waals surface area contributed by atoms with Crippen LogP contribution >= 0.6 is 11.3 Å². The van der Waals surface area contributed by atoms with E-state index in [9.17, 15) is 9.59 Å². The number of hydrogen-bond donors (Lipinski definition) is 1. The van der Waals surface area contributed by atoms with Crippen LogP contribution in [0.4, 0.5) is 0 Å². The Bertz CT molecular complexity index is 748. The van der Waals surface area contributed by atoms with Crippen LogP contribution in [0.25, 0.3) is 11.3 Å². The minimum absolute atomic E-state index is 0.0116. The number of aromatic nitrogens is 1. The normalized spacial score (nSPS) is 15.5. The highest BCUT2D eigenvalue weighted by atomic mass is 32.1. The number of carboxylic acids is 1. The fourth-order valence-electron chi connectivity index (χ4n) is 3.08. The number of carboxylic acid groups (broad SMARTS) is 1. The highest BCUT2D eigenvalue weighted by molar-refractivity contribution is 7.09. The molecule has 0 bridgehead atoms. The second kappa shape index (κ2) is 7.13. The number of hydrogen-bond acceptors (Lipinski definition) is 4. The van der Waals surface area contributed by atoms with Crippen molar-refractivity contribution in [2.45, 2.75) is 26.2 Å². The number of likely N-dealkylation sites (tertiary alicyclic amines) is 1. The molecule has 5 nitrogen and oxygen atoms in total. The highest BCUT2D eigenvalue weighted by Gasteiger charge is 2.25. The van der Waals surface area contributed by atoms with E-state index in [0.717, 1.165) is 29.1 Å². The third kappa shape index (κ3) is 3.82. The molecule has 1 aromatic heterocycles. The molecule has 1 aliphatic heterocycles. The molecule has 1 amide bonds. The molecule has 6 heteroatoms. The van der Waals surface area contributed by atoms with Gasteiger partial charge in [-0.2, -0.15) is 0 Å². The summed E-state index contributed by atoms with van der Waals surface area (Å²) in [5, 5.41) is 11.9. The molecule has 1 aliphatic rings. The Labute approximate surface area is 145 Å². The van der Waals surface area contributed by atoms with E-state index in [1.54, 1.807) is 11.3 Å².